The van der Waals surface area contributed by atoms with Crippen LogP contribution in [0.5, 0.6) is 5.75 Å². The first-order chi connectivity index (χ1) is 18.8. The van der Waals surface area contributed by atoms with Crippen molar-refractivity contribution >= 4 is 67.4 Å². The van der Waals surface area contributed by atoms with Gasteiger partial charge in [-0.3, -0.25) is 5.10 Å². The summed E-state index contributed by atoms with van der Waals surface area (Å²) in [5, 5.41) is 15.6. The van der Waals surface area contributed by atoms with Gasteiger partial charge in [0, 0.05) is 52.6 Å². The fourth-order valence-electron chi connectivity index (χ4n) is 4.80. The zero-order valence-electron chi connectivity index (χ0n) is 23.0. The molecule has 0 unspecified atom stereocenters. The SMILES string of the molecule is COc1cc(N2CCC(N(C)C)CC2)ccc1Nc1ncc(Br)c(Nc2cc3cn[nH]c3cc2SC(C)C)n1. The summed E-state index contributed by atoms with van der Waals surface area (Å²) in [5.41, 5.74) is 3.95. The molecule has 1 saturated heterocycles. The minimum absolute atomic E-state index is 0.423. The number of methoxy groups -OCH3 is 1. The van der Waals surface area contributed by atoms with E-state index in [1.807, 2.05) is 12.3 Å². The molecule has 0 radical (unpaired) electrons. The van der Waals surface area contributed by atoms with Gasteiger partial charge in [0.25, 0.3) is 0 Å². The van der Waals surface area contributed by atoms with E-state index < -0.39 is 0 Å². The number of aromatic nitrogens is 4. The Kier molecular flexibility index (Phi) is 8.49. The zero-order valence-corrected chi connectivity index (χ0v) is 25.4. The van der Waals surface area contributed by atoms with Crippen LogP contribution in [0.3, 0.4) is 0 Å². The van der Waals surface area contributed by atoms with Gasteiger partial charge in [0.2, 0.25) is 5.95 Å². The first kappa shape index (κ1) is 27.5. The second-order valence-electron chi connectivity index (χ2n) is 10.2. The van der Waals surface area contributed by atoms with Gasteiger partial charge in [0.05, 0.1) is 34.7 Å². The number of nitrogens with one attached hydrogen (secondary N) is 3. The van der Waals surface area contributed by atoms with Crippen LogP contribution in [-0.4, -0.2) is 70.7 Å². The third-order valence-corrected chi connectivity index (χ3v) is 8.54. The zero-order chi connectivity index (χ0) is 27.5. The number of halogens is 1. The fraction of sp³-hybridized carbons (Fsp3) is 0.393. The number of anilines is 5. The summed E-state index contributed by atoms with van der Waals surface area (Å²) in [6.07, 6.45) is 5.89. The van der Waals surface area contributed by atoms with Crippen molar-refractivity contribution in [1.82, 2.24) is 25.1 Å². The molecule has 0 atom stereocenters. The van der Waals surface area contributed by atoms with E-state index in [0.29, 0.717) is 23.1 Å². The van der Waals surface area contributed by atoms with Gasteiger partial charge in [0.1, 0.15) is 11.6 Å². The van der Waals surface area contributed by atoms with E-state index in [2.05, 4.69) is 104 Å². The summed E-state index contributed by atoms with van der Waals surface area (Å²) in [6.45, 7) is 6.42. The van der Waals surface area contributed by atoms with Crippen LogP contribution in [0, 0.1) is 0 Å². The maximum absolute atomic E-state index is 5.75. The number of thioether (sulfide) groups is 1. The van der Waals surface area contributed by atoms with E-state index in [-0.39, 0.29) is 0 Å². The first-order valence-electron chi connectivity index (χ1n) is 13.1. The predicted molar refractivity (Wildman–Crippen MR) is 165 cm³/mol. The van der Waals surface area contributed by atoms with Crippen LogP contribution >= 0.6 is 27.7 Å². The number of ether oxygens (including phenoxy) is 1. The largest absolute Gasteiger partial charge is 0.494 e. The maximum atomic E-state index is 5.75. The van der Waals surface area contributed by atoms with E-state index >= 15 is 0 Å². The highest BCUT2D eigenvalue weighted by Crippen LogP contribution is 2.37. The summed E-state index contributed by atoms with van der Waals surface area (Å²) < 4.78 is 6.52. The molecule has 2 aromatic heterocycles. The molecule has 206 valence electrons. The minimum Gasteiger partial charge on any atom is -0.494 e. The molecule has 0 amide bonds. The second-order valence-corrected chi connectivity index (χ2v) is 12.7. The van der Waals surface area contributed by atoms with Gasteiger partial charge in [-0.05, 0) is 67.1 Å². The van der Waals surface area contributed by atoms with E-state index in [0.717, 1.165) is 63.3 Å². The van der Waals surface area contributed by atoms with Crippen LogP contribution in [-0.2, 0) is 0 Å². The molecular weight excluding hydrogens is 576 g/mol. The van der Waals surface area contributed by atoms with Crippen molar-refractivity contribution < 1.29 is 4.74 Å². The first-order valence-corrected chi connectivity index (χ1v) is 14.8. The summed E-state index contributed by atoms with van der Waals surface area (Å²) in [4.78, 5) is 15.1. The number of H-pyrrole nitrogens is 1. The Labute approximate surface area is 242 Å². The molecule has 2 aromatic carbocycles. The molecule has 0 saturated carbocycles. The summed E-state index contributed by atoms with van der Waals surface area (Å²) in [5.74, 6) is 1.89. The van der Waals surface area contributed by atoms with Gasteiger partial charge in [-0.1, -0.05) is 13.8 Å². The number of hydrogen-bond donors (Lipinski definition) is 3. The molecule has 11 heteroatoms. The van der Waals surface area contributed by atoms with Crippen molar-refractivity contribution in [3.63, 3.8) is 0 Å². The van der Waals surface area contributed by atoms with Gasteiger partial charge in [-0.25, -0.2) is 4.98 Å². The highest BCUT2D eigenvalue weighted by molar-refractivity contribution is 9.10. The van der Waals surface area contributed by atoms with Crippen LogP contribution in [0.15, 0.2) is 52.1 Å². The Bertz CT molecular complexity index is 1430. The molecule has 1 aliphatic heterocycles. The second kappa shape index (κ2) is 12.0. The van der Waals surface area contributed by atoms with Crippen LogP contribution in [0.1, 0.15) is 26.7 Å². The van der Waals surface area contributed by atoms with Gasteiger partial charge < -0.3 is 25.2 Å². The normalized spacial score (nSPS) is 14.4. The number of aromatic amines is 1. The third-order valence-electron chi connectivity index (χ3n) is 6.89. The van der Waals surface area contributed by atoms with Crippen molar-refractivity contribution in [2.75, 3.05) is 49.8 Å². The predicted octanol–water partition coefficient (Wildman–Crippen LogP) is 6.64. The molecule has 1 fully saturated rings. The Morgan fingerprint density at radius 1 is 1.10 bits per heavy atom. The quantitative estimate of drug-likeness (QED) is 0.180. The van der Waals surface area contributed by atoms with Crippen LogP contribution in [0.4, 0.5) is 28.8 Å². The number of hydrogen-bond acceptors (Lipinski definition) is 9. The molecule has 0 aliphatic carbocycles. The number of benzene rings is 2. The molecule has 1 aliphatic rings. The highest BCUT2D eigenvalue weighted by Gasteiger charge is 2.22. The van der Waals surface area contributed by atoms with Crippen molar-refractivity contribution in [2.24, 2.45) is 0 Å². The summed E-state index contributed by atoms with van der Waals surface area (Å²) in [7, 11) is 6.02. The van der Waals surface area contributed by atoms with E-state index in [4.69, 9.17) is 9.72 Å². The average Bonchev–Trinajstić information content (AvgIpc) is 3.38. The van der Waals surface area contributed by atoms with Crippen LogP contribution in [0.25, 0.3) is 10.9 Å². The fourth-order valence-corrected chi connectivity index (χ4v) is 6.02. The number of piperidine rings is 1. The lowest BCUT2D eigenvalue weighted by Crippen LogP contribution is -2.41. The van der Waals surface area contributed by atoms with E-state index in [1.165, 1.54) is 5.69 Å². The summed E-state index contributed by atoms with van der Waals surface area (Å²) >= 11 is 5.40. The number of nitrogens with zero attached hydrogens (tertiary/aromatic N) is 5. The smallest absolute Gasteiger partial charge is 0.229 e. The average molecular weight is 612 g/mol. The number of fused-ring (bicyclic) bond motifs is 1. The van der Waals surface area contributed by atoms with Crippen LogP contribution in [0.2, 0.25) is 0 Å². The lowest BCUT2D eigenvalue weighted by atomic mass is 10.0. The standard InChI is InChI=1S/C28H35BrN8OS/c1-17(2)39-26-14-23-18(15-31-35-23)12-24(26)32-27-21(29)16-30-28(34-27)33-22-7-6-20(13-25(22)38-5)37-10-8-19(9-11-37)36(3)4/h6-7,12-17,19H,8-11H2,1-5H3,(H,31,35)(H2,30,32,33,34). The van der Waals surface area contributed by atoms with E-state index in [9.17, 15) is 0 Å². The van der Waals surface area contributed by atoms with Gasteiger partial charge >= 0.3 is 0 Å². The Hall–Kier alpha value is -3.02. The topological polar surface area (TPSA) is 94.2 Å². The molecule has 9 nitrogen and oxygen atoms in total. The monoisotopic (exact) mass is 610 g/mol. The Balaban J connectivity index is 1.36. The molecule has 3 heterocycles. The molecule has 3 N–H and O–H groups in total. The van der Waals surface area contributed by atoms with Gasteiger partial charge in [0.15, 0.2) is 0 Å². The van der Waals surface area contributed by atoms with Crippen molar-refractivity contribution in [3.8, 4) is 5.75 Å². The molecule has 0 spiro atoms. The molecule has 5 rings (SSSR count). The van der Waals surface area contributed by atoms with Crippen molar-refractivity contribution in [2.45, 2.75) is 42.9 Å². The maximum Gasteiger partial charge on any atom is 0.229 e. The molecule has 4 aromatic rings. The third kappa shape index (κ3) is 6.42. The number of rotatable bonds is 9. The van der Waals surface area contributed by atoms with Gasteiger partial charge in [-0.15, -0.1) is 11.8 Å². The summed E-state index contributed by atoms with van der Waals surface area (Å²) in [6, 6.07) is 11.1. The van der Waals surface area contributed by atoms with Crippen molar-refractivity contribution in [3.05, 3.63) is 47.2 Å². The Morgan fingerprint density at radius 2 is 1.90 bits per heavy atom. The van der Waals surface area contributed by atoms with Gasteiger partial charge in [-0.2, -0.15) is 10.1 Å². The minimum atomic E-state index is 0.423. The lowest BCUT2D eigenvalue weighted by molar-refractivity contribution is 0.249. The van der Waals surface area contributed by atoms with Crippen LogP contribution < -0.4 is 20.3 Å². The molecule has 39 heavy (non-hydrogen) atoms. The molecule has 0 bridgehead atoms. The lowest BCUT2D eigenvalue weighted by Gasteiger charge is -2.36. The molecular formula is C28H35BrN8OS. The highest BCUT2D eigenvalue weighted by atomic mass is 79.9. The Morgan fingerprint density at radius 3 is 2.62 bits per heavy atom. The van der Waals surface area contributed by atoms with E-state index in [1.54, 1.807) is 25.1 Å². The van der Waals surface area contributed by atoms with Crippen molar-refractivity contribution in [1.29, 1.82) is 0 Å².